The number of anilines is 1. The molecule has 1 saturated carbocycles. The number of nitrogens with one attached hydrogen (secondary N) is 1. The van der Waals surface area contributed by atoms with Crippen LogP contribution in [0.2, 0.25) is 0 Å². The van der Waals surface area contributed by atoms with Crippen molar-refractivity contribution in [3.8, 4) is 0 Å². The largest absolute Gasteiger partial charge is 0.480 e. The van der Waals surface area contributed by atoms with Crippen LogP contribution >= 0.6 is 0 Å². The lowest BCUT2D eigenvalue weighted by atomic mass is 9.98. The van der Waals surface area contributed by atoms with Crippen LogP contribution in [0, 0.1) is 0 Å². The van der Waals surface area contributed by atoms with Gasteiger partial charge in [0.05, 0.1) is 0 Å². The van der Waals surface area contributed by atoms with E-state index in [9.17, 15) is 9.90 Å². The number of hydrogen-bond acceptors (Lipinski definition) is 3. The minimum absolute atomic E-state index is 0.624. The first-order valence-electron chi connectivity index (χ1n) is 5.13. The Labute approximate surface area is 88.1 Å². The van der Waals surface area contributed by atoms with Gasteiger partial charge in [-0.3, -0.25) is 0 Å². The molecule has 0 aromatic carbocycles. The van der Waals surface area contributed by atoms with E-state index in [1.165, 1.54) is 0 Å². The molecule has 1 aromatic heterocycles. The average Bonchev–Trinajstić information content (AvgIpc) is 2.78. The van der Waals surface area contributed by atoms with Crippen LogP contribution in [0.5, 0.6) is 0 Å². The van der Waals surface area contributed by atoms with Crippen molar-refractivity contribution >= 4 is 11.9 Å². The summed E-state index contributed by atoms with van der Waals surface area (Å²) in [6.07, 6.45) is 6.73. The Bertz CT molecular complexity index is 366. The van der Waals surface area contributed by atoms with Crippen molar-refractivity contribution in [1.82, 2.24) is 9.55 Å². The molecule has 1 aromatic rings. The van der Waals surface area contributed by atoms with Gasteiger partial charge in [0.25, 0.3) is 0 Å². The Balaban J connectivity index is 2.21. The number of hydrogen-bond donors (Lipinski definition) is 2. The zero-order valence-electron chi connectivity index (χ0n) is 8.73. The van der Waals surface area contributed by atoms with Crippen molar-refractivity contribution < 1.29 is 9.90 Å². The van der Waals surface area contributed by atoms with Crippen LogP contribution < -0.4 is 5.32 Å². The lowest BCUT2D eigenvalue weighted by molar-refractivity contribution is -0.142. The maximum atomic E-state index is 11.3. The first-order valence-corrected chi connectivity index (χ1v) is 5.13. The van der Waals surface area contributed by atoms with Crippen molar-refractivity contribution in [3.05, 3.63) is 12.4 Å². The van der Waals surface area contributed by atoms with Gasteiger partial charge in [-0.1, -0.05) is 12.8 Å². The van der Waals surface area contributed by atoms with Crippen LogP contribution in [0.4, 0.5) is 5.95 Å². The lowest BCUT2D eigenvalue weighted by Gasteiger charge is -2.25. The third-order valence-corrected chi connectivity index (χ3v) is 3.04. The number of carboxylic acid groups (broad SMARTS) is 1. The van der Waals surface area contributed by atoms with Gasteiger partial charge in [-0.05, 0) is 12.8 Å². The highest BCUT2D eigenvalue weighted by atomic mass is 16.4. The van der Waals surface area contributed by atoms with Crippen LogP contribution in [0.25, 0.3) is 0 Å². The zero-order chi connectivity index (χ0) is 10.9. The molecule has 1 aliphatic carbocycles. The first-order chi connectivity index (χ1) is 7.14. The van der Waals surface area contributed by atoms with E-state index in [1.54, 1.807) is 17.0 Å². The van der Waals surface area contributed by atoms with Gasteiger partial charge in [0, 0.05) is 19.4 Å². The molecular formula is C10H15N3O2. The Morgan fingerprint density at radius 1 is 1.60 bits per heavy atom. The third kappa shape index (κ3) is 1.69. The molecule has 5 nitrogen and oxygen atoms in total. The number of aryl methyl sites for hydroxylation is 1. The van der Waals surface area contributed by atoms with E-state index in [-0.39, 0.29) is 0 Å². The van der Waals surface area contributed by atoms with Gasteiger partial charge in [0.2, 0.25) is 5.95 Å². The number of nitrogens with zero attached hydrogens (tertiary/aromatic N) is 2. The van der Waals surface area contributed by atoms with Crippen molar-refractivity contribution in [1.29, 1.82) is 0 Å². The van der Waals surface area contributed by atoms with Gasteiger partial charge in [-0.15, -0.1) is 0 Å². The highest BCUT2D eigenvalue weighted by Crippen LogP contribution is 2.32. The minimum atomic E-state index is -0.806. The van der Waals surface area contributed by atoms with Crippen molar-refractivity contribution in [2.45, 2.75) is 31.2 Å². The predicted octanol–water partition coefficient (Wildman–Crippen LogP) is 1.23. The molecule has 15 heavy (non-hydrogen) atoms. The molecule has 1 fully saturated rings. The molecule has 1 aliphatic rings. The number of aliphatic carboxylic acids is 1. The Morgan fingerprint density at radius 2 is 2.27 bits per heavy atom. The first kappa shape index (κ1) is 10.0. The third-order valence-electron chi connectivity index (χ3n) is 3.04. The molecule has 82 valence electrons. The molecule has 0 atom stereocenters. The second-order valence-electron chi connectivity index (χ2n) is 4.08. The number of carbonyl (C=O) groups is 1. The minimum Gasteiger partial charge on any atom is -0.480 e. The fourth-order valence-corrected chi connectivity index (χ4v) is 2.07. The monoisotopic (exact) mass is 209 g/mol. The highest BCUT2D eigenvalue weighted by Gasteiger charge is 2.41. The summed E-state index contributed by atoms with van der Waals surface area (Å²) in [7, 11) is 1.85. The van der Waals surface area contributed by atoms with Gasteiger partial charge in [-0.2, -0.15) is 0 Å². The van der Waals surface area contributed by atoms with E-state index in [0.717, 1.165) is 12.8 Å². The van der Waals surface area contributed by atoms with Gasteiger partial charge in [-0.25, -0.2) is 9.78 Å². The lowest BCUT2D eigenvalue weighted by Crippen LogP contribution is -2.44. The van der Waals surface area contributed by atoms with Crippen LogP contribution in [-0.4, -0.2) is 26.2 Å². The van der Waals surface area contributed by atoms with Crippen molar-refractivity contribution in [2.75, 3.05) is 5.32 Å². The van der Waals surface area contributed by atoms with E-state index in [0.29, 0.717) is 18.8 Å². The van der Waals surface area contributed by atoms with Crippen LogP contribution in [0.15, 0.2) is 12.4 Å². The number of rotatable bonds is 3. The maximum absolute atomic E-state index is 11.3. The zero-order valence-corrected chi connectivity index (χ0v) is 8.73. The van der Waals surface area contributed by atoms with Crippen molar-refractivity contribution in [3.63, 3.8) is 0 Å². The van der Waals surface area contributed by atoms with Gasteiger partial charge in [0.15, 0.2) is 0 Å². The molecule has 2 N–H and O–H groups in total. The van der Waals surface area contributed by atoms with E-state index < -0.39 is 11.5 Å². The summed E-state index contributed by atoms with van der Waals surface area (Å²) in [5.74, 6) is -0.151. The smallest absolute Gasteiger partial charge is 0.329 e. The summed E-state index contributed by atoms with van der Waals surface area (Å²) in [5, 5.41) is 12.3. The topological polar surface area (TPSA) is 67.2 Å². The van der Waals surface area contributed by atoms with Crippen LogP contribution in [0.3, 0.4) is 0 Å². The molecule has 0 unspecified atom stereocenters. The molecule has 0 aliphatic heterocycles. The van der Waals surface area contributed by atoms with Gasteiger partial charge in [0.1, 0.15) is 5.54 Å². The quantitative estimate of drug-likeness (QED) is 0.785. The van der Waals surface area contributed by atoms with E-state index >= 15 is 0 Å². The van der Waals surface area contributed by atoms with Gasteiger partial charge < -0.3 is 15.0 Å². The molecule has 0 bridgehead atoms. The number of imidazole rings is 1. The number of aromatic nitrogens is 2. The Morgan fingerprint density at radius 3 is 2.73 bits per heavy atom. The van der Waals surface area contributed by atoms with E-state index in [1.807, 2.05) is 7.05 Å². The maximum Gasteiger partial charge on any atom is 0.329 e. The fourth-order valence-electron chi connectivity index (χ4n) is 2.07. The molecule has 0 radical (unpaired) electrons. The molecular weight excluding hydrogens is 194 g/mol. The van der Waals surface area contributed by atoms with Crippen LogP contribution in [-0.2, 0) is 11.8 Å². The second-order valence-corrected chi connectivity index (χ2v) is 4.08. The fraction of sp³-hybridized carbons (Fsp3) is 0.600. The Hall–Kier alpha value is -1.52. The summed E-state index contributed by atoms with van der Waals surface area (Å²) >= 11 is 0. The molecule has 1 heterocycles. The van der Waals surface area contributed by atoms with Crippen LogP contribution in [0.1, 0.15) is 25.7 Å². The standard InChI is InChI=1S/C10H15N3O2/c1-13-7-6-11-9(13)12-10(8(14)15)4-2-3-5-10/h6-7H,2-5H2,1H3,(H,11,12)(H,14,15). The molecule has 0 spiro atoms. The summed E-state index contributed by atoms with van der Waals surface area (Å²) < 4.78 is 1.79. The summed E-state index contributed by atoms with van der Waals surface area (Å²) in [6, 6.07) is 0. The molecule has 0 saturated heterocycles. The van der Waals surface area contributed by atoms with E-state index in [4.69, 9.17) is 0 Å². The molecule has 0 amide bonds. The summed E-state index contributed by atoms with van der Waals surface area (Å²) in [6.45, 7) is 0. The Kier molecular flexibility index (Phi) is 2.38. The highest BCUT2D eigenvalue weighted by molar-refractivity contribution is 5.82. The molecule has 2 rings (SSSR count). The summed E-state index contributed by atoms with van der Waals surface area (Å²) in [4.78, 5) is 15.4. The average molecular weight is 209 g/mol. The number of carboxylic acids is 1. The van der Waals surface area contributed by atoms with Crippen molar-refractivity contribution in [2.24, 2.45) is 7.05 Å². The van der Waals surface area contributed by atoms with Gasteiger partial charge >= 0.3 is 5.97 Å². The van der Waals surface area contributed by atoms with E-state index in [2.05, 4.69) is 10.3 Å². The summed E-state index contributed by atoms with van der Waals surface area (Å²) in [5.41, 5.74) is -0.806. The second kappa shape index (κ2) is 3.56. The normalized spacial score (nSPS) is 19.0. The SMILES string of the molecule is Cn1ccnc1NC1(C(=O)O)CCCC1. The molecule has 5 heteroatoms. The predicted molar refractivity (Wildman–Crippen MR) is 55.7 cm³/mol.